The SMILES string of the molecule is CC1Cc2c([nH]c3ccccc23)C2(CCNCC2)N1. The molecule has 3 N–H and O–H groups in total. The molecule has 1 aromatic carbocycles. The number of aromatic nitrogens is 1. The molecule has 0 amide bonds. The number of piperidine rings is 1. The first-order valence-electron chi connectivity index (χ1n) is 7.37. The standard InChI is InChI=1S/C16H21N3/c1-11-10-13-12-4-2-3-5-14(12)18-15(13)16(19-11)6-8-17-9-7-16/h2-5,11,17-19H,6-10H2,1H3. The molecule has 0 aliphatic carbocycles. The van der Waals surface area contributed by atoms with Crippen LogP contribution in [0.2, 0.25) is 0 Å². The highest BCUT2D eigenvalue weighted by Crippen LogP contribution is 2.40. The van der Waals surface area contributed by atoms with E-state index in [1.54, 1.807) is 5.56 Å². The lowest BCUT2D eigenvalue weighted by molar-refractivity contribution is 0.203. The Kier molecular flexibility index (Phi) is 2.47. The second kappa shape index (κ2) is 4.09. The summed E-state index contributed by atoms with van der Waals surface area (Å²) in [5.74, 6) is 0. The number of fused-ring (bicyclic) bond motifs is 4. The summed E-state index contributed by atoms with van der Waals surface area (Å²) in [6.45, 7) is 4.53. The van der Waals surface area contributed by atoms with Crippen molar-refractivity contribution in [1.29, 1.82) is 0 Å². The minimum Gasteiger partial charge on any atom is -0.357 e. The lowest BCUT2D eigenvalue weighted by Crippen LogP contribution is -2.56. The number of para-hydroxylation sites is 1. The van der Waals surface area contributed by atoms with Gasteiger partial charge in [-0.15, -0.1) is 0 Å². The fourth-order valence-corrected chi connectivity index (χ4v) is 3.97. The first kappa shape index (κ1) is 11.5. The summed E-state index contributed by atoms with van der Waals surface area (Å²) in [6.07, 6.45) is 3.49. The Bertz CT molecular complexity index is 607. The van der Waals surface area contributed by atoms with Crippen molar-refractivity contribution in [3.63, 3.8) is 0 Å². The van der Waals surface area contributed by atoms with Gasteiger partial charge in [0.2, 0.25) is 0 Å². The molecule has 100 valence electrons. The molecule has 2 aromatic rings. The zero-order valence-corrected chi connectivity index (χ0v) is 11.4. The zero-order chi connectivity index (χ0) is 12.9. The van der Waals surface area contributed by atoms with Crippen molar-refractivity contribution in [2.45, 2.75) is 37.8 Å². The van der Waals surface area contributed by atoms with Crippen molar-refractivity contribution in [3.8, 4) is 0 Å². The molecule has 1 spiro atoms. The van der Waals surface area contributed by atoms with Crippen molar-refractivity contribution < 1.29 is 0 Å². The Morgan fingerprint density at radius 1 is 1.16 bits per heavy atom. The van der Waals surface area contributed by atoms with E-state index in [-0.39, 0.29) is 5.54 Å². The van der Waals surface area contributed by atoms with Gasteiger partial charge in [-0.1, -0.05) is 18.2 Å². The Morgan fingerprint density at radius 2 is 1.95 bits per heavy atom. The fourth-order valence-electron chi connectivity index (χ4n) is 3.97. The summed E-state index contributed by atoms with van der Waals surface area (Å²) < 4.78 is 0. The average Bonchev–Trinajstić information content (AvgIpc) is 2.80. The molecule has 1 fully saturated rings. The van der Waals surface area contributed by atoms with Crippen LogP contribution in [0.3, 0.4) is 0 Å². The molecule has 1 aromatic heterocycles. The van der Waals surface area contributed by atoms with Gasteiger partial charge in [-0.3, -0.25) is 0 Å². The van der Waals surface area contributed by atoms with Crippen LogP contribution in [0.5, 0.6) is 0 Å². The molecule has 19 heavy (non-hydrogen) atoms. The maximum Gasteiger partial charge on any atom is 0.0616 e. The Morgan fingerprint density at radius 3 is 2.79 bits per heavy atom. The van der Waals surface area contributed by atoms with E-state index >= 15 is 0 Å². The van der Waals surface area contributed by atoms with Crippen molar-refractivity contribution in [1.82, 2.24) is 15.6 Å². The molecule has 3 heteroatoms. The van der Waals surface area contributed by atoms with E-state index in [1.807, 2.05) is 0 Å². The number of rotatable bonds is 0. The summed E-state index contributed by atoms with van der Waals surface area (Å²) in [5, 5.41) is 8.78. The van der Waals surface area contributed by atoms with Crippen molar-refractivity contribution in [3.05, 3.63) is 35.5 Å². The van der Waals surface area contributed by atoms with E-state index < -0.39 is 0 Å². The molecular formula is C16H21N3. The zero-order valence-electron chi connectivity index (χ0n) is 11.4. The van der Waals surface area contributed by atoms with E-state index in [1.165, 1.54) is 29.4 Å². The quantitative estimate of drug-likeness (QED) is 0.676. The van der Waals surface area contributed by atoms with E-state index in [4.69, 9.17) is 0 Å². The molecule has 3 nitrogen and oxygen atoms in total. The van der Waals surface area contributed by atoms with Crippen LogP contribution in [0.4, 0.5) is 0 Å². The molecule has 1 unspecified atom stereocenters. The summed E-state index contributed by atoms with van der Waals surface area (Å²) in [7, 11) is 0. The van der Waals surface area contributed by atoms with Crippen molar-refractivity contribution in [2.75, 3.05) is 13.1 Å². The third kappa shape index (κ3) is 1.65. The predicted octanol–water partition coefficient (Wildman–Crippen LogP) is 2.28. The maximum atomic E-state index is 3.88. The van der Waals surface area contributed by atoms with Crippen LogP contribution in [0.25, 0.3) is 10.9 Å². The normalized spacial score (nSPS) is 25.6. The van der Waals surface area contributed by atoms with E-state index in [9.17, 15) is 0 Å². The third-order valence-corrected chi connectivity index (χ3v) is 4.78. The number of hydrogen-bond acceptors (Lipinski definition) is 2. The molecular weight excluding hydrogens is 234 g/mol. The predicted molar refractivity (Wildman–Crippen MR) is 78.4 cm³/mol. The van der Waals surface area contributed by atoms with Gasteiger partial charge in [0, 0.05) is 22.6 Å². The van der Waals surface area contributed by atoms with Gasteiger partial charge in [-0.2, -0.15) is 0 Å². The molecule has 0 saturated carbocycles. The molecule has 3 heterocycles. The van der Waals surface area contributed by atoms with Gasteiger partial charge >= 0.3 is 0 Å². The topological polar surface area (TPSA) is 39.9 Å². The second-order valence-electron chi connectivity index (χ2n) is 6.11. The Hall–Kier alpha value is -1.32. The molecule has 1 atom stereocenters. The van der Waals surface area contributed by atoms with Crippen LogP contribution in [-0.4, -0.2) is 24.1 Å². The summed E-state index contributed by atoms with van der Waals surface area (Å²) in [4.78, 5) is 3.71. The minimum atomic E-state index is 0.164. The molecule has 2 aliphatic heterocycles. The highest BCUT2D eigenvalue weighted by Gasteiger charge is 2.41. The number of aromatic amines is 1. The van der Waals surface area contributed by atoms with Crippen molar-refractivity contribution >= 4 is 10.9 Å². The van der Waals surface area contributed by atoms with E-state index in [0.717, 1.165) is 19.5 Å². The molecule has 0 bridgehead atoms. The molecule has 2 aliphatic rings. The molecule has 0 radical (unpaired) electrons. The van der Waals surface area contributed by atoms with Gasteiger partial charge in [0.05, 0.1) is 5.54 Å². The second-order valence-corrected chi connectivity index (χ2v) is 6.11. The number of benzene rings is 1. The van der Waals surface area contributed by atoms with Crippen LogP contribution in [-0.2, 0) is 12.0 Å². The first-order valence-corrected chi connectivity index (χ1v) is 7.37. The van der Waals surface area contributed by atoms with Gasteiger partial charge in [0.15, 0.2) is 0 Å². The van der Waals surface area contributed by atoms with Gasteiger partial charge in [0.1, 0.15) is 0 Å². The number of nitrogens with one attached hydrogen (secondary N) is 3. The van der Waals surface area contributed by atoms with Crippen molar-refractivity contribution in [2.24, 2.45) is 0 Å². The van der Waals surface area contributed by atoms with Gasteiger partial charge in [-0.05, 0) is 50.9 Å². The molecule has 1 saturated heterocycles. The highest BCUT2D eigenvalue weighted by atomic mass is 15.1. The van der Waals surface area contributed by atoms with Crippen LogP contribution in [0.1, 0.15) is 31.0 Å². The minimum absolute atomic E-state index is 0.164. The monoisotopic (exact) mass is 255 g/mol. The van der Waals surface area contributed by atoms with Crippen LogP contribution in [0.15, 0.2) is 24.3 Å². The number of H-pyrrole nitrogens is 1. The first-order chi connectivity index (χ1) is 9.28. The molecule has 4 rings (SSSR count). The fraction of sp³-hybridized carbons (Fsp3) is 0.500. The summed E-state index contributed by atoms with van der Waals surface area (Å²) in [6, 6.07) is 9.30. The maximum absolute atomic E-state index is 3.88. The van der Waals surface area contributed by atoms with Gasteiger partial charge in [0.25, 0.3) is 0 Å². The Balaban J connectivity index is 1.94. The lowest BCUT2D eigenvalue weighted by atomic mass is 9.78. The number of hydrogen-bond donors (Lipinski definition) is 3. The van der Waals surface area contributed by atoms with Crippen LogP contribution < -0.4 is 10.6 Å². The van der Waals surface area contributed by atoms with Crippen LogP contribution in [0, 0.1) is 0 Å². The third-order valence-electron chi connectivity index (χ3n) is 4.78. The smallest absolute Gasteiger partial charge is 0.0616 e. The van der Waals surface area contributed by atoms with E-state index in [0.29, 0.717) is 6.04 Å². The van der Waals surface area contributed by atoms with E-state index in [2.05, 4.69) is 46.8 Å². The summed E-state index contributed by atoms with van der Waals surface area (Å²) >= 11 is 0. The largest absolute Gasteiger partial charge is 0.357 e. The summed E-state index contributed by atoms with van der Waals surface area (Å²) in [5.41, 5.74) is 4.45. The highest BCUT2D eigenvalue weighted by molar-refractivity contribution is 5.85. The lowest BCUT2D eigenvalue weighted by Gasteiger charge is -2.44. The Labute approximate surface area is 113 Å². The van der Waals surface area contributed by atoms with Crippen LogP contribution >= 0.6 is 0 Å². The van der Waals surface area contributed by atoms with Gasteiger partial charge in [-0.25, -0.2) is 0 Å². The average molecular weight is 255 g/mol. The van der Waals surface area contributed by atoms with Gasteiger partial charge < -0.3 is 15.6 Å².